The Morgan fingerprint density at radius 1 is 1.21 bits per heavy atom. The van der Waals surface area contributed by atoms with Crippen molar-refractivity contribution in [1.82, 2.24) is 19.6 Å². The van der Waals surface area contributed by atoms with Gasteiger partial charge in [0.2, 0.25) is 5.16 Å². The largest absolute Gasteiger partial charge is 0.294 e. The van der Waals surface area contributed by atoms with Gasteiger partial charge in [0.1, 0.15) is 0 Å². The van der Waals surface area contributed by atoms with Gasteiger partial charge in [-0.1, -0.05) is 47.7 Å². The zero-order chi connectivity index (χ0) is 19.1. The van der Waals surface area contributed by atoms with Crippen LogP contribution in [0.2, 0.25) is 0 Å². The van der Waals surface area contributed by atoms with Crippen LogP contribution in [0.1, 0.15) is 44.4 Å². The van der Waals surface area contributed by atoms with E-state index >= 15 is 0 Å². The lowest BCUT2D eigenvalue weighted by molar-refractivity contribution is 0.0963. The maximum atomic E-state index is 12.7. The van der Waals surface area contributed by atoms with Crippen LogP contribution < -0.4 is 0 Å². The number of fused-ring (bicyclic) bond motifs is 2. The van der Waals surface area contributed by atoms with Crippen LogP contribution in [0.25, 0.3) is 5.78 Å². The van der Waals surface area contributed by atoms with Crippen LogP contribution in [-0.4, -0.2) is 25.4 Å². The smallest absolute Gasteiger partial charge is 0.253 e. The molecular weight excluding hydrogens is 388 g/mol. The summed E-state index contributed by atoms with van der Waals surface area (Å²) in [4.78, 5) is 23.2. The normalized spacial score (nSPS) is 16.5. The van der Waals surface area contributed by atoms with Crippen LogP contribution in [-0.2, 0) is 12.2 Å². The quantitative estimate of drug-likeness (QED) is 0.460. The molecule has 0 bridgehead atoms. The summed E-state index contributed by atoms with van der Waals surface area (Å²) in [5.41, 5.74) is 4.00. The highest BCUT2D eigenvalue weighted by molar-refractivity contribution is 7.98. The molecule has 0 amide bonds. The highest BCUT2D eigenvalue weighted by Gasteiger charge is 2.29. The number of carbonyl (C=O) groups is 1. The Kier molecular flexibility index (Phi) is 4.49. The molecule has 4 aromatic rings. The first kappa shape index (κ1) is 17.6. The summed E-state index contributed by atoms with van der Waals surface area (Å²) in [5.74, 6) is 1.72. The number of thiophene rings is 1. The van der Waals surface area contributed by atoms with E-state index in [0.717, 1.165) is 17.9 Å². The van der Waals surface area contributed by atoms with E-state index in [4.69, 9.17) is 0 Å². The van der Waals surface area contributed by atoms with E-state index in [1.165, 1.54) is 16.0 Å². The molecule has 5 rings (SSSR count). The number of aromatic nitrogens is 4. The molecule has 0 saturated heterocycles. The van der Waals surface area contributed by atoms with Gasteiger partial charge < -0.3 is 0 Å². The summed E-state index contributed by atoms with van der Waals surface area (Å²) < 4.78 is 1.64. The number of hydrogen-bond donors (Lipinski definition) is 0. The summed E-state index contributed by atoms with van der Waals surface area (Å²) in [6.45, 7) is 2.09. The number of Topliss-reactive ketones (excluding diaryl/α,β-unsaturated/α-hetero) is 1. The van der Waals surface area contributed by atoms with E-state index in [2.05, 4.69) is 57.7 Å². The number of nitrogens with zero attached hydrogens (tertiary/aromatic N) is 4. The van der Waals surface area contributed by atoms with Crippen molar-refractivity contribution in [2.24, 2.45) is 0 Å². The second-order valence-electron chi connectivity index (χ2n) is 7.06. The van der Waals surface area contributed by atoms with E-state index in [0.29, 0.717) is 22.9 Å². The molecule has 28 heavy (non-hydrogen) atoms. The van der Waals surface area contributed by atoms with Gasteiger partial charge in [-0.15, -0.1) is 16.4 Å². The standard InChI is InChI=1S/C21H18N4OS2/c1-13-4-2-5-14(8-13)12-28-21-23-20-22-17-9-15(19-6-3-7-27-19)10-18(26)16(17)11-25(20)24-21/h2-8,11,15H,9-10,12H2,1H3. The van der Waals surface area contributed by atoms with Gasteiger partial charge in [-0.2, -0.15) is 4.98 Å². The fourth-order valence-corrected chi connectivity index (χ4v) is 5.20. The van der Waals surface area contributed by atoms with Crippen LogP contribution in [0.3, 0.4) is 0 Å². The van der Waals surface area contributed by atoms with Crippen LogP contribution in [0.15, 0.2) is 53.1 Å². The molecule has 1 aliphatic rings. The molecule has 140 valence electrons. The number of hydrogen-bond acceptors (Lipinski definition) is 6. The third-order valence-electron chi connectivity index (χ3n) is 4.96. The zero-order valence-electron chi connectivity index (χ0n) is 15.3. The van der Waals surface area contributed by atoms with Crippen molar-refractivity contribution in [3.63, 3.8) is 0 Å². The lowest BCUT2D eigenvalue weighted by Gasteiger charge is -2.21. The summed E-state index contributed by atoms with van der Waals surface area (Å²) in [6, 6.07) is 12.6. The lowest BCUT2D eigenvalue weighted by atomic mass is 9.86. The maximum absolute atomic E-state index is 12.7. The third-order valence-corrected chi connectivity index (χ3v) is 6.90. The van der Waals surface area contributed by atoms with Crippen molar-refractivity contribution in [2.75, 3.05) is 0 Å². The Morgan fingerprint density at radius 2 is 2.14 bits per heavy atom. The maximum Gasteiger partial charge on any atom is 0.253 e. The van der Waals surface area contributed by atoms with Gasteiger partial charge in [-0.05, 0) is 30.4 Å². The van der Waals surface area contributed by atoms with Crippen LogP contribution in [0, 0.1) is 6.92 Å². The molecule has 0 saturated carbocycles. The molecule has 0 fully saturated rings. The van der Waals surface area contributed by atoms with Crippen molar-refractivity contribution < 1.29 is 4.79 Å². The minimum absolute atomic E-state index is 0.138. The number of rotatable bonds is 4. The zero-order valence-corrected chi connectivity index (χ0v) is 17.0. The summed E-state index contributed by atoms with van der Waals surface area (Å²) >= 11 is 3.29. The molecule has 0 spiro atoms. The molecule has 5 nitrogen and oxygen atoms in total. The predicted octanol–water partition coefficient (Wildman–Crippen LogP) is 4.70. The van der Waals surface area contributed by atoms with Gasteiger partial charge in [0.25, 0.3) is 5.78 Å². The van der Waals surface area contributed by atoms with Crippen LogP contribution in [0.5, 0.6) is 0 Å². The fourth-order valence-electron chi connectivity index (χ4n) is 3.60. The molecule has 0 aliphatic heterocycles. The van der Waals surface area contributed by atoms with Crippen LogP contribution in [0.4, 0.5) is 0 Å². The van der Waals surface area contributed by atoms with Crippen molar-refractivity contribution >= 4 is 34.7 Å². The van der Waals surface area contributed by atoms with E-state index in [-0.39, 0.29) is 11.7 Å². The van der Waals surface area contributed by atoms with Crippen molar-refractivity contribution in [2.45, 2.75) is 36.6 Å². The number of aryl methyl sites for hydroxylation is 1. The molecule has 1 aromatic carbocycles. The van der Waals surface area contributed by atoms with Gasteiger partial charge in [-0.25, -0.2) is 9.50 Å². The second kappa shape index (κ2) is 7.14. The predicted molar refractivity (Wildman–Crippen MR) is 111 cm³/mol. The van der Waals surface area contributed by atoms with Crippen molar-refractivity contribution in [3.05, 3.63) is 75.2 Å². The molecule has 3 aromatic heterocycles. The SMILES string of the molecule is Cc1cccc(CSc2nc3nc4c(cn3n2)C(=O)CC(c2cccs2)C4)c1. The minimum Gasteiger partial charge on any atom is -0.294 e. The molecule has 3 heterocycles. The third kappa shape index (κ3) is 3.36. The van der Waals surface area contributed by atoms with Crippen molar-refractivity contribution in [1.29, 1.82) is 0 Å². The first-order valence-corrected chi connectivity index (χ1v) is 11.0. The van der Waals surface area contributed by atoms with Gasteiger partial charge in [0.15, 0.2) is 5.78 Å². The van der Waals surface area contributed by atoms with Crippen LogP contribution >= 0.6 is 23.1 Å². The summed E-state index contributed by atoms with van der Waals surface area (Å²) in [7, 11) is 0. The Balaban J connectivity index is 1.41. The molecule has 1 atom stereocenters. The number of benzene rings is 1. The number of ketones is 1. The average Bonchev–Trinajstić information content (AvgIpc) is 3.34. The molecule has 7 heteroatoms. The molecule has 1 unspecified atom stereocenters. The van der Waals surface area contributed by atoms with E-state index < -0.39 is 0 Å². The Hall–Kier alpha value is -2.51. The van der Waals surface area contributed by atoms with Gasteiger partial charge >= 0.3 is 0 Å². The molecule has 0 N–H and O–H groups in total. The average molecular weight is 407 g/mol. The summed E-state index contributed by atoms with van der Waals surface area (Å²) in [5, 5.41) is 7.25. The lowest BCUT2D eigenvalue weighted by Crippen LogP contribution is -2.20. The topological polar surface area (TPSA) is 60.1 Å². The van der Waals surface area contributed by atoms with E-state index in [1.54, 1.807) is 33.8 Å². The first-order chi connectivity index (χ1) is 13.7. The molecule has 1 aliphatic carbocycles. The van der Waals surface area contributed by atoms with Gasteiger partial charge in [-0.3, -0.25) is 4.79 Å². The second-order valence-corrected chi connectivity index (χ2v) is 8.98. The van der Waals surface area contributed by atoms with E-state index in [9.17, 15) is 4.79 Å². The Bertz CT molecular complexity index is 1170. The Labute approximate surface area is 170 Å². The monoisotopic (exact) mass is 406 g/mol. The summed E-state index contributed by atoms with van der Waals surface area (Å²) in [6.07, 6.45) is 3.11. The van der Waals surface area contributed by atoms with Crippen molar-refractivity contribution in [3.8, 4) is 0 Å². The fraction of sp³-hybridized carbons (Fsp3) is 0.238. The van der Waals surface area contributed by atoms with Gasteiger partial charge in [0, 0.05) is 29.2 Å². The molecular formula is C21H18N4OS2. The first-order valence-electron chi connectivity index (χ1n) is 9.17. The number of thioether (sulfide) groups is 1. The number of carbonyl (C=O) groups excluding carboxylic acids is 1. The highest BCUT2D eigenvalue weighted by Crippen LogP contribution is 2.34. The minimum atomic E-state index is 0.138. The molecule has 0 radical (unpaired) electrons. The van der Waals surface area contributed by atoms with Gasteiger partial charge in [0.05, 0.1) is 11.3 Å². The van der Waals surface area contributed by atoms with E-state index in [1.807, 2.05) is 6.07 Å². The Morgan fingerprint density at radius 3 is 2.96 bits per heavy atom. The highest BCUT2D eigenvalue weighted by atomic mass is 32.2.